The Morgan fingerprint density at radius 3 is 2.44 bits per heavy atom. The summed E-state index contributed by atoms with van der Waals surface area (Å²) in [5.74, 6) is -0.120. The van der Waals surface area contributed by atoms with Crippen molar-refractivity contribution in [1.29, 1.82) is 0 Å². The molecule has 7 heteroatoms. The second-order valence-corrected chi connectivity index (χ2v) is 8.93. The van der Waals surface area contributed by atoms with E-state index in [4.69, 9.17) is 0 Å². The van der Waals surface area contributed by atoms with Crippen LogP contribution in [0.25, 0.3) is 0 Å². The SMILES string of the molecule is Cc1cc(I)ccc1NC(=O)CCCN(c1ccccc1)S(C)(=O)=O. The molecule has 0 heterocycles. The highest BCUT2D eigenvalue weighted by molar-refractivity contribution is 14.1. The molecule has 0 unspecified atom stereocenters. The average molecular weight is 472 g/mol. The van der Waals surface area contributed by atoms with Crippen molar-refractivity contribution < 1.29 is 13.2 Å². The Morgan fingerprint density at radius 2 is 1.84 bits per heavy atom. The molecule has 25 heavy (non-hydrogen) atoms. The highest BCUT2D eigenvalue weighted by atomic mass is 127. The highest BCUT2D eigenvalue weighted by Crippen LogP contribution is 2.19. The van der Waals surface area contributed by atoms with Crippen molar-refractivity contribution in [2.75, 3.05) is 22.4 Å². The van der Waals surface area contributed by atoms with Crippen LogP contribution in [0.1, 0.15) is 18.4 Å². The topological polar surface area (TPSA) is 66.5 Å². The van der Waals surface area contributed by atoms with Crippen LogP contribution in [0.4, 0.5) is 11.4 Å². The van der Waals surface area contributed by atoms with Gasteiger partial charge in [0.1, 0.15) is 0 Å². The lowest BCUT2D eigenvalue weighted by Gasteiger charge is -2.22. The van der Waals surface area contributed by atoms with Crippen molar-refractivity contribution >= 4 is 49.9 Å². The standard InChI is InChI=1S/C18H21IN2O3S/c1-14-13-15(19)10-11-17(14)20-18(22)9-6-12-21(25(2,23)24)16-7-4-3-5-8-16/h3-5,7-8,10-11,13H,6,9,12H2,1-2H3,(H,20,22). The number of aryl methyl sites for hydroxylation is 1. The van der Waals surface area contributed by atoms with E-state index < -0.39 is 10.0 Å². The zero-order valence-electron chi connectivity index (χ0n) is 14.2. The van der Waals surface area contributed by atoms with Gasteiger partial charge in [0.05, 0.1) is 11.9 Å². The minimum Gasteiger partial charge on any atom is -0.326 e. The van der Waals surface area contributed by atoms with Crippen molar-refractivity contribution in [1.82, 2.24) is 0 Å². The van der Waals surface area contributed by atoms with Gasteiger partial charge in [-0.25, -0.2) is 8.42 Å². The Bertz CT molecular complexity index is 839. The largest absolute Gasteiger partial charge is 0.326 e. The van der Waals surface area contributed by atoms with E-state index in [9.17, 15) is 13.2 Å². The van der Waals surface area contributed by atoms with E-state index in [-0.39, 0.29) is 18.9 Å². The lowest BCUT2D eigenvalue weighted by molar-refractivity contribution is -0.116. The first-order valence-electron chi connectivity index (χ1n) is 7.86. The Balaban J connectivity index is 1.94. The number of hydrogen-bond acceptors (Lipinski definition) is 3. The number of benzene rings is 2. The minimum atomic E-state index is -3.39. The van der Waals surface area contributed by atoms with Crippen LogP contribution >= 0.6 is 22.6 Å². The first kappa shape index (κ1) is 19.7. The molecular formula is C18H21IN2O3S. The molecule has 2 aromatic rings. The second-order valence-electron chi connectivity index (χ2n) is 5.78. The summed E-state index contributed by atoms with van der Waals surface area (Å²) in [5, 5.41) is 2.88. The van der Waals surface area contributed by atoms with Gasteiger partial charge in [-0.05, 0) is 71.8 Å². The molecular weight excluding hydrogens is 451 g/mol. The molecule has 1 N–H and O–H groups in total. The normalized spacial score (nSPS) is 11.2. The van der Waals surface area contributed by atoms with Crippen LogP contribution in [0.15, 0.2) is 48.5 Å². The third-order valence-corrected chi connectivity index (χ3v) is 5.54. The van der Waals surface area contributed by atoms with Crippen molar-refractivity contribution in [2.45, 2.75) is 19.8 Å². The molecule has 134 valence electrons. The summed E-state index contributed by atoms with van der Waals surface area (Å²) in [6.45, 7) is 2.21. The summed E-state index contributed by atoms with van der Waals surface area (Å²) in [6, 6.07) is 14.7. The van der Waals surface area contributed by atoms with Crippen LogP contribution in [-0.2, 0) is 14.8 Å². The molecule has 0 fully saturated rings. The lowest BCUT2D eigenvalue weighted by atomic mass is 10.2. The number of para-hydroxylation sites is 1. The van der Waals surface area contributed by atoms with Gasteiger partial charge in [0.25, 0.3) is 0 Å². The fourth-order valence-corrected chi connectivity index (χ4v) is 4.06. The van der Waals surface area contributed by atoms with Crippen molar-refractivity contribution in [3.8, 4) is 0 Å². The number of hydrogen-bond donors (Lipinski definition) is 1. The van der Waals surface area contributed by atoms with E-state index in [0.717, 1.165) is 14.8 Å². The van der Waals surface area contributed by atoms with Gasteiger partial charge in [0.15, 0.2) is 0 Å². The first-order chi connectivity index (χ1) is 11.8. The van der Waals surface area contributed by atoms with Gasteiger partial charge in [-0.2, -0.15) is 0 Å². The molecule has 0 saturated heterocycles. The molecule has 0 aliphatic heterocycles. The number of rotatable bonds is 7. The molecule has 1 amide bonds. The molecule has 0 aromatic heterocycles. The van der Waals surface area contributed by atoms with Crippen LogP contribution in [-0.4, -0.2) is 27.1 Å². The van der Waals surface area contributed by atoms with Gasteiger partial charge in [-0.1, -0.05) is 18.2 Å². The maximum absolute atomic E-state index is 12.1. The molecule has 0 bridgehead atoms. The van der Waals surface area contributed by atoms with Crippen molar-refractivity contribution in [3.63, 3.8) is 0 Å². The monoisotopic (exact) mass is 472 g/mol. The second kappa shape index (κ2) is 8.66. The van der Waals surface area contributed by atoms with Gasteiger partial charge in [0, 0.05) is 22.2 Å². The third kappa shape index (κ3) is 6.00. The molecule has 0 aliphatic carbocycles. The molecule has 0 spiro atoms. The number of sulfonamides is 1. The first-order valence-corrected chi connectivity index (χ1v) is 10.8. The van der Waals surface area contributed by atoms with Crippen LogP contribution < -0.4 is 9.62 Å². The maximum atomic E-state index is 12.1. The van der Waals surface area contributed by atoms with E-state index >= 15 is 0 Å². The predicted octanol–water partition coefficient (Wildman–Crippen LogP) is 3.78. The number of carbonyl (C=O) groups excluding carboxylic acids is 1. The maximum Gasteiger partial charge on any atom is 0.232 e. The summed E-state index contributed by atoms with van der Waals surface area (Å²) < 4.78 is 26.4. The van der Waals surface area contributed by atoms with Gasteiger partial charge in [0.2, 0.25) is 15.9 Å². The number of anilines is 2. The summed E-state index contributed by atoms with van der Waals surface area (Å²) in [7, 11) is -3.39. The van der Waals surface area contributed by atoms with E-state index in [0.29, 0.717) is 12.1 Å². The highest BCUT2D eigenvalue weighted by Gasteiger charge is 2.17. The van der Waals surface area contributed by atoms with E-state index in [1.807, 2.05) is 31.2 Å². The quantitative estimate of drug-likeness (QED) is 0.624. The summed E-state index contributed by atoms with van der Waals surface area (Å²) >= 11 is 2.22. The molecule has 0 radical (unpaired) electrons. The number of amides is 1. The Labute approximate surface area is 162 Å². The smallest absolute Gasteiger partial charge is 0.232 e. The lowest BCUT2D eigenvalue weighted by Crippen LogP contribution is -2.31. The molecule has 2 aromatic carbocycles. The fraction of sp³-hybridized carbons (Fsp3) is 0.278. The Hall–Kier alpha value is -1.61. The predicted molar refractivity (Wildman–Crippen MR) is 110 cm³/mol. The van der Waals surface area contributed by atoms with Crippen LogP contribution in [0.5, 0.6) is 0 Å². The summed E-state index contributed by atoms with van der Waals surface area (Å²) in [5.41, 5.74) is 2.40. The van der Waals surface area contributed by atoms with Crippen molar-refractivity contribution in [3.05, 3.63) is 57.7 Å². The van der Waals surface area contributed by atoms with Gasteiger partial charge in [-0.15, -0.1) is 0 Å². The average Bonchev–Trinajstić information content (AvgIpc) is 2.54. The summed E-state index contributed by atoms with van der Waals surface area (Å²) in [6.07, 6.45) is 1.87. The zero-order valence-corrected chi connectivity index (χ0v) is 17.2. The van der Waals surface area contributed by atoms with Gasteiger partial charge < -0.3 is 5.32 Å². The molecule has 2 rings (SSSR count). The number of nitrogens with zero attached hydrogens (tertiary/aromatic N) is 1. The van der Waals surface area contributed by atoms with Crippen molar-refractivity contribution in [2.24, 2.45) is 0 Å². The van der Waals surface area contributed by atoms with E-state index in [1.165, 1.54) is 10.6 Å². The molecule has 5 nitrogen and oxygen atoms in total. The molecule has 0 aliphatic rings. The van der Waals surface area contributed by atoms with E-state index in [1.54, 1.807) is 24.3 Å². The van der Waals surface area contributed by atoms with Crippen LogP contribution in [0.3, 0.4) is 0 Å². The van der Waals surface area contributed by atoms with Gasteiger partial charge in [-0.3, -0.25) is 9.10 Å². The fourth-order valence-electron chi connectivity index (χ4n) is 2.44. The number of nitrogens with one attached hydrogen (secondary N) is 1. The van der Waals surface area contributed by atoms with Crippen LogP contribution in [0.2, 0.25) is 0 Å². The minimum absolute atomic E-state index is 0.120. The van der Waals surface area contributed by atoms with E-state index in [2.05, 4.69) is 27.9 Å². The molecule has 0 saturated carbocycles. The Morgan fingerprint density at radius 1 is 1.16 bits per heavy atom. The van der Waals surface area contributed by atoms with Gasteiger partial charge >= 0.3 is 0 Å². The Kier molecular flexibility index (Phi) is 6.83. The third-order valence-electron chi connectivity index (χ3n) is 3.67. The van der Waals surface area contributed by atoms with Crippen LogP contribution in [0, 0.1) is 10.5 Å². The number of halogens is 1. The number of carbonyl (C=O) groups is 1. The summed E-state index contributed by atoms with van der Waals surface area (Å²) in [4.78, 5) is 12.1. The zero-order chi connectivity index (χ0) is 18.4. The molecule has 0 atom stereocenters.